The first-order chi connectivity index (χ1) is 6.20. The molecule has 0 spiro atoms. The number of rotatable bonds is 6. The molecule has 0 saturated carbocycles. The van der Waals surface area contributed by atoms with E-state index in [1.165, 1.54) is 0 Å². The van der Waals surface area contributed by atoms with Crippen molar-refractivity contribution >= 4 is 13.6 Å². The van der Waals surface area contributed by atoms with Gasteiger partial charge in [0.2, 0.25) is 0 Å². The fourth-order valence-corrected chi connectivity index (χ4v) is 1.59. The molecule has 0 amide bonds. The largest absolute Gasteiger partial charge is 0.512 e. The molecule has 0 radical (unpaired) electrons. The molecule has 0 heterocycles. The summed E-state index contributed by atoms with van der Waals surface area (Å²) in [4.78, 5) is 28.3. The summed E-state index contributed by atoms with van der Waals surface area (Å²) in [5.41, 5.74) is 0. The van der Waals surface area contributed by atoms with Crippen LogP contribution in [-0.2, 0) is 9.36 Å². The normalized spacial score (nSPS) is 11.6. The van der Waals surface area contributed by atoms with Crippen molar-refractivity contribution in [3.8, 4) is 0 Å². The predicted octanol–water partition coefficient (Wildman–Crippen LogP) is -0.420. The second kappa shape index (κ2) is 5.11. The summed E-state index contributed by atoms with van der Waals surface area (Å²) in [6.07, 6.45) is -0.723. The number of aliphatic carboxylic acids is 1. The molecule has 14 heavy (non-hydrogen) atoms. The highest BCUT2D eigenvalue weighted by atomic mass is 31.2. The van der Waals surface area contributed by atoms with Crippen molar-refractivity contribution in [1.82, 2.24) is 4.90 Å². The molecule has 7 nitrogen and oxygen atoms in total. The molecule has 0 aliphatic rings. The maximum absolute atomic E-state index is 10.6. The van der Waals surface area contributed by atoms with E-state index in [1.807, 2.05) is 0 Å². The number of aliphatic hydroxyl groups excluding tert-OH is 1. The van der Waals surface area contributed by atoms with Crippen molar-refractivity contribution in [2.45, 2.75) is 0 Å². The summed E-state index contributed by atoms with van der Waals surface area (Å²) in [7, 11) is -4.32. The van der Waals surface area contributed by atoms with Gasteiger partial charge in [-0.2, -0.15) is 0 Å². The minimum absolute atomic E-state index is 0.280. The van der Waals surface area contributed by atoms with Gasteiger partial charge in [-0.25, -0.2) is 0 Å². The molecular weight excluding hydrogens is 213 g/mol. The minimum Gasteiger partial charge on any atom is -0.512 e. The van der Waals surface area contributed by atoms with Crippen LogP contribution in [0.25, 0.3) is 0 Å². The van der Waals surface area contributed by atoms with Gasteiger partial charge in [0.15, 0.2) is 0 Å². The number of nitrogens with zero attached hydrogens (tertiary/aromatic N) is 1. The molecule has 82 valence electrons. The molecule has 0 unspecified atom stereocenters. The molecule has 0 aromatic heterocycles. The average Bonchev–Trinajstić information content (AvgIpc) is 1.77. The standard InChI is InChI=1S/C6H12NO6P/c1-5(8)2-7(3-6(9)10)4-14(11,12)13/h8H,1-4H2,(H,9,10)(H2,11,12,13). The van der Waals surface area contributed by atoms with Gasteiger partial charge in [-0.3, -0.25) is 14.3 Å². The van der Waals surface area contributed by atoms with Crippen LogP contribution in [-0.4, -0.2) is 50.2 Å². The molecule has 0 aromatic rings. The zero-order valence-corrected chi connectivity index (χ0v) is 8.22. The van der Waals surface area contributed by atoms with Gasteiger partial charge in [0.25, 0.3) is 0 Å². The fourth-order valence-electron chi connectivity index (χ4n) is 0.866. The molecule has 0 bridgehead atoms. The maximum Gasteiger partial charge on any atom is 0.339 e. The van der Waals surface area contributed by atoms with Crippen molar-refractivity contribution in [2.75, 3.05) is 19.4 Å². The van der Waals surface area contributed by atoms with E-state index in [0.29, 0.717) is 0 Å². The van der Waals surface area contributed by atoms with Crippen LogP contribution in [0.3, 0.4) is 0 Å². The first kappa shape index (κ1) is 13.1. The summed E-state index contributed by atoms with van der Waals surface area (Å²) < 4.78 is 10.6. The lowest BCUT2D eigenvalue weighted by molar-refractivity contribution is -0.138. The van der Waals surface area contributed by atoms with Gasteiger partial charge < -0.3 is 20.0 Å². The van der Waals surface area contributed by atoms with Crippen molar-refractivity contribution in [2.24, 2.45) is 0 Å². The topological polar surface area (TPSA) is 118 Å². The molecular formula is C6H12NO6P. The van der Waals surface area contributed by atoms with E-state index in [-0.39, 0.29) is 12.3 Å². The summed E-state index contributed by atoms with van der Waals surface area (Å²) in [6, 6.07) is 0. The summed E-state index contributed by atoms with van der Waals surface area (Å²) in [5, 5.41) is 17.1. The van der Waals surface area contributed by atoms with E-state index >= 15 is 0 Å². The Labute approximate surface area is 80.4 Å². The molecule has 0 atom stereocenters. The van der Waals surface area contributed by atoms with E-state index in [1.54, 1.807) is 0 Å². The van der Waals surface area contributed by atoms with E-state index < -0.39 is 26.4 Å². The molecule has 0 aromatic carbocycles. The lowest BCUT2D eigenvalue weighted by Crippen LogP contribution is -2.32. The third-order valence-corrected chi connectivity index (χ3v) is 1.92. The molecule has 8 heteroatoms. The van der Waals surface area contributed by atoms with E-state index in [0.717, 1.165) is 4.90 Å². The van der Waals surface area contributed by atoms with Crippen molar-refractivity contribution in [1.29, 1.82) is 0 Å². The van der Waals surface area contributed by atoms with Gasteiger partial charge in [0.1, 0.15) is 6.29 Å². The van der Waals surface area contributed by atoms with Crippen LogP contribution in [0.1, 0.15) is 0 Å². The molecule has 4 N–H and O–H groups in total. The Balaban J connectivity index is 4.32. The van der Waals surface area contributed by atoms with Crippen LogP contribution in [0.2, 0.25) is 0 Å². The number of hydrogen-bond acceptors (Lipinski definition) is 4. The number of carboxylic acids is 1. The van der Waals surface area contributed by atoms with Crippen molar-refractivity contribution < 1.29 is 29.4 Å². The number of carboxylic acid groups (broad SMARTS) is 1. The van der Waals surface area contributed by atoms with Gasteiger partial charge in [0.05, 0.1) is 18.8 Å². The molecule has 0 aliphatic carbocycles. The maximum atomic E-state index is 10.6. The smallest absolute Gasteiger partial charge is 0.339 e. The van der Waals surface area contributed by atoms with Gasteiger partial charge in [-0.1, -0.05) is 6.58 Å². The third-order valence-electron chi connectivity index (χ3n) is 1.15. The van der Waals surface area contributed by atoms with Crippen LogP contribution in [0, 0.1) is 0 Å². The highest BCUT2D eigenvalue weighted by Crippen LogP contribution is 2.34. The number of carbonyl (C=O) groups is 1. The highest BCUT2D eigenvalue weighted by molar-refractivity contribution is 7.51. The Kier molecular flexibility index (Phi) is 4.79. The summed E-state index contributed by atoms with van der Waals surface area (Å²) >= 11 is 0. The molecule has 0 rings (SSSR count). The third kappa shape index (κ3) is 7.75. The summed E-state index contributed by atoms with van der Waals surface area (Å²) in [5.74, 6) is -1.58. The zero-order valence-electron chi connectivity index (χ0n) is 7.33. The second-order valence-electron chi connectivity index (χ2n) is 2.75. The molecule has 0 aliphatic heterocycles. The van der Waals surface area contributed by atoms with Gasteiger partial charge in [-0.05, 0) is 0 Å². The first-order valence-electron chi connectivity index (χ1n) is 3.56. The minimum atomic E-state index is -4.32. The van der Waals surface area contributed by atoms with Crippen LogP contribution in [0.4, 0.5) is 0 Å². The van der Waals surface area contributed by atoms with Crippen molar-refractivity contribution in [3.05, 3.63) is 12.3 Å². The van der Waals surface area contributed by atoms with Crippen LogP contribution < -0.4 is 0 Å². The quantitative estimate of drug-likeness (QED) is 0.358. The van der Waals surface area contributed by atoms with Crippen LogP contribution in [0.5, 0.6) is 0 Å². The van der Waals surface area contributed by atoms with Gasteiger partial charge in [0, 0.05) is 0 Å². The Morgan fingerprint density at radius 2 is 1.79 bits per heavy atom. The summed E-state index contributed by atoms with van der Waals surface area (Å²) in [6.45, 7) is 2.26. The zero-order chi connectivity index (χ0) is 11.4. The van der Waals surface area contributed by atoms with E-state index in [4.69, 9.17) is 20.0 Å². The Morgan fingerprint density at radius 1 is 1.29 bits per heavy atom. The average molecular weight is 225 g/mol. The number of aliphatic hydroxyl groups is 1. The highest BCUT2D eigenvalue weighted by Gasteiger charge is 2.21. The number of hydrogen-bond donors (Lipinski definition) is 4. The van der Waals surface area contributed by atoms with Crippen molar-refractivity contribution in [3.63, 3.8) is 0 Å². The monoisotopic (exact) mass is 225 g/mol. The lowest BCUT2D eigenvalue weighted by Gasteiger charge is -2.19. The van der Waals surface area contributed by atoms with Gasteiger partial charge >= 0.3 is 13.6 Å². The molecule has 0 saturated heterocycles. The predicted molar refractivity (Wildman–Crippen MR) is 47.9 cm³/mol. The fraction of sp³-hybridized carbons (Fsp3) is 0.500. The second-order valence-corrected chi connectivity index (χ2v) is 4.37. The van der Waals surface area contributed by atoms with E-state index in [9.17, 15) is 9.36 Å². The molecule has 0 fully saturated rings. The van der Waals surface area contributed by atoms with Gasteiger partial charge in [-0.15, -0.1) is 0 Å². The first-order valence-corrected chi connectivity index (χ1v) is 5.36. The SMILES string of the molecule is C=C(O)CN(CC(=O)O)CP(=O)(O)O. The van der Waals surface area contributed by atoms with E-state index in [2.05, 4.69) is 6.58 Å². The van der Waals surface area contributed by atoms with Crippen LogP contribution in [0.15, 0.2) is 12.3 Å². The lowest BCUT2D eigenvalue weighted by atomic mass is 10.5. The van der Waals surface area contributed by atoms with Crippen LogP contribution >= 0.6 is 7.60 Å². The Hall–Kier alpha value is -0.880. The Morgan fingerprint density at radius 3 is 2.07 bits per heavy atom. The Bertz CT molecular complexity index is 255.